The molecule has 3 nitrogen and oxygen atoms in total. The van der Waals surface area contributed by atoms with Crippen LogP contribution in [-0.2, 0) is 6.54 Å². The lowest BCUT2D eigenvalue weighted by Crippen LogP contribution is -2.08. The Morgan fingerprint density at radius 2 is 2.11 bits per heavy atom. The Hall–Kier alpha value is -1.94. The first-order valence-corrected chi connectivity index (χ1v) is 5.73. The van der Waals surface area contributed by atoms with Gasteiger partial charge in [-0.1, -0.05) is 6.07 Å². The minimum absolute atomic E-state index is 0.276. The third-order valence-corrected chi connectivity index (χ3v) is 2.54. The molecule has 0 atom stereocenters. The standard InChI is InChI=1S/C14H15FN2O/c1-10-6-7-11(8-17-10)18-14-5-3-4-13(15)12(14)9-16-2/h3-8,16H,9H2,1-2H3. The van der Waals surface area contributed by atoms with E-state index in [1.165, 1.54) is 6.07 Å². The Kier molecular flexibility index (Phi) is 3.89. The van der Waals surface area contributed by atoms with Gasteiger partial charge in [0.25, 0.3) is 0 Å². The monoisotopic (exact) mass is 246 g/mol. The molecule has 0 saturated heterocycles. The number of benzene rings is 1. The van der Waals surface area contributed by atoms with Crippen molar-refractivity contribution < 1.29 is 9.13 Å². The number of rotatable bonds is 4. The van der Waals surface area contributed by atoms with Crippen molar-refractivity contribution in [3.63, 3.8) is 0 Å². The number of hydrogen-bond donors (Lipinski definition) is 1. The van der Waals surface area contributed by atoms with E-state index in [4.69, 9.17) is 4.74 Å². The fraction of sp³-hybridized carbons (Fsp3) is 0.214. The number of pyridine rings is 1. The highest BCUT2D eigenvalue weighted by atomic mass is 19.1. The Labute approximate surface area is 106 Å². The largest absolute Gasteiger partial charge is 0.455 e. The molecule has 0 saturated carbocycles. The molecular formula is C14H15FN2O. The molecule has 0 spiro atoms. The van der Waals surface area contributed by atoms with Crippen LogP contribution in [0, 0.1) is 12.7 Å². The van der Waals surface area contributed by atoms with E-state index in [0.29, 0.717) is 23.6 Å². The molecule has 1 aromatic carbocycles. The zero-order valence-electron chi connectivity index (χ0n) is 10.4. The van der Waals surface area contributed by atoms with Gasteiger partial charge in [0.2, 0.25) is 0 Å². The molecule has 0 aliphatic rings. The molecule has 4 heteroatoms. The molecule has 1 aromatic heterocycles. The van der Waals surface area contributed by atoms with Crippen LogP contribution in [-0.4, -0.2) is 12.0 Å². The molecule has 2 aromatic rings. The normalized spacial score (nSPS) is 10.4. The second-order valence-corrected chi connectivity index (χ2v) is 3.98. The molecular weight excluding hydrogens is 231 g/mol. The summed E-state index contributed by atoms with van der Waals surface area (Å²) < 4.78 is 19.3. The van der Waals surface area contributed by atoms with E-state index in [1.54, 1.807) is 25.4 Å². The second-order valence-electron chi connectivity index (χ2n) is 3.98. The smallest absolute Gasteiger partial charge is 0.145 e. The van der Waals surface area contributed by atoms with Crippen LogP contribution < -0.4 is 10.1 Å². The minimum atomic E-state index is -0.276. The van der Waals surface area contributed by atoms with Gasteiger partial charge in [-0.05, 0) is 38.2 Å². The van der Waals surface area contributed by atoms with Crippen molar-refractivity contribution in [3.05, 3.63) is 53.6 Å². The lowest BCUT2D eigenvalue weighted by atomic mass is 10.2. The van der Waals surface area contributed by atoms with Gasteiger partial charge in [-0.2, -0.15) is 0 Å². The Bertz CT molecular complexity index is 526. The van der Waals surface area contributed by atoms with E-state index >= 15 is 0 Å². The zero-order chi connectivity index (χ0) is 13.0. The maximum Gasteiger partial charge on any atom is 0.145 e. The van der Waals surface area contributed by atoms with Gasteiger partial charge >= 0.3 is 0 Å². The van der Waals surface area contributed by atoms with Crippen LogP contribution in [0.3, 0.4) is 0 Å². The summed E-state index contributed by atoms with van der Waals surface area (Å²) >= 11 is 0. The number of aryl methyl sites for hydroxylation is 1. The van der Waals surface area contributed by atoms with Gasteiger partial charge in [-0.3, -0.25) is 4.98 Å². The molecule has 0 aliphatic heterocycles. The maximum absolute atomic E-state index is 13.7. The van der Waals surface area contributed by atoms with Crippen molar-refractivity contribution in [1.29, 1.82) is 0 Å². The van der Waals surface area contributed by atoms with Gasteiger partial charge in [-0.15, -0.1) is 0 Å². The Morgan fingerprint density at radius 3 is 2.78 bits per heavy atom. The third-order valence-electron chi connectivity index (χ3n) is 2.54. The van der Waals surface area contributed by atoms with Gasteiger partial charge < -0.3 is 10.1 Å². The minimum Gasteiger partial charge on any atom is -0.455 e. The zero-order valence-corrected chi connectivity index (χ0v) is 10.4. The average Bonchev–Trinajstić information content (AvgIpc) is 2.36. The second kappa shape index (κ2) is 5.60. The molecule has 94 valence electrons. The number of halogens is 1. The summed E-state index contributed by atoms with van der Waals surface area (Å²) in [5, 5.41) is 2.92. The highest BCUT2D eigenvalue weighted by Gasteiger charge is 2.09. The summed E-state index contributed by atoms with van der Waals surface area (Å²) in [4.78, 5) is 4.14. The molecule has 1 heterocycles. The van der Waals surface area contributed by atoms with Crippen LogP contribution in [0.5, 0.6) is 11.5 Å². The fourth-order valence-corrected chi connectivity index (χ4v) is 1.62. The van der Waals surface area contributed by atoms with Crippen molar-refractivity contribution >= 4 is 0 Å². The summed E-state index contributed by atoms with van der Waals surface area (Å²) in [6, 6.07) is 8.47. The Morgan fingerprint density at radius 1 is 1.28 bits per heavy atom. The number of ether oxygens (including phenoxy) is 1. The van der Waals surface area contributed by atoms with Gasteiger partial charge in [-0.25, -0.2) is 4.39 Å². The number of nitrogens with zero attached hydrogens (tertiary/aromatic N) is 1. The third kappa shape index (κ3) is 2.84. The van der Waals surface area contributed by atoms with Gasteiger partial charge in [0.1, 0.15) is 17.3 Å². The molecule has 18 heavy (non-hydrogen) atoms. The SMILES string of the molecule is CNCc1c(F)cccc1Oc1ccc(C)nc1. The molecule has 0 bridgehead atoms. The quantitative estimate of drug-likeness (QED) is 0.900. The van der Waals surface area contributed by atoms with Crippen LogP contribution in [0.25, 0.3) is 0 Å². The number of nitrogens with one attached hydrogen (secondary N) is 1. The highest BCUT2D eigenvalue weighted by Crippen LogP contribution is 2.26. The predicted octanol–water partition coefficient (Wildman–Crippen LogP) is 3.04. The summed E-state index contributed by atoms with van der Waals surface area (Å²) in [6.45, 7) is 2.32. The van der Waals surface area contributed by atoms with E-state index < -0.39 is 0 Å². The van der Waals surface area contributed by atoms with E-state index in [9.17, 15) is 4.39 Å². The lowest BCUT2D eigenvalue weighted by Gasteiger charge is -2.11. The fourth-order valence-electron chi connectivity index (χ4n) is 1.62. The molecule has 0 amide bonds. The lowest BCUT2D eigenvalue weighted by molar-refractivity contribution is 0.462. The van der Waals surface area contributed by atoms with E-state index in [-0.39, 0.29) is 5.82 Å². The van der Waals surface area contributed by atoms with Crippen LogP contribution in [0.1, 0.15) is 11.3 Å². The van der Waals surface area contributed by atoms with Crippen molar-refractivity contribution in [2.45, 2.75) is 13.5 Å². The van der Waals surface area contributed by atoms with Gasteiger partial charge in [0, 0.05) is 17.8 Å². The number of aromatic nitrogens is 1. The summed E-state index contributed by atoms with van der Waals surface area (Å²) in [7, 11) is 1.77. The highest BCUT2D eigenvalue weighted by molar-refractivity contribution is 5.38. The molecule has 0 unspecified atom stereocenters. The topological polar surface area (TPSA) is 34.1 Å². The molecule has 0 fully saturated rings. The molecule has 0 radical (unpaired) electrons. The van der Waals surface area contributed by atoms with Crippen LogP contribution >= 0.6 is 0 Å². The average molecular weight is 246 g/mol. The van der Waals surface area contributed by atoms with Gasteiger partial charge in [0.05, 0.1) is 6.20 Å². The van der Waals surface area contributed by atoms with Crippen molar-refractivity contribution in [3.8, 4) is 11.5 Å². The first kappa shape index (κ1) is 12.5. The molecule has 1 N–H and O–H groups in total. The van der Waals surface area contributed by atoms with Crippen molar-refractivity contribution in [2.75, 3.05) is 7.05 Å². The van der Waals surface area contributed by atoms with Crippen LogP contribution in [0.15, 0.2) is 36.5 Å². The van der Waals surface area contributed by atoms with Crippen molar-refractivity contribution in [1.82, 2.24) is 10.3 Å². The maximum atomic E-state index is 13.7. The molecule has 0 aliphatic carbocycles. The number of hydrogen-bond acceptors (Lipinski definition) is 3. The summed E-state index contributed by atoms with van der Waals surface area (Å²) in [5.41, 5.74) is 1.43. The van der Waals surface area contributed by atoms with E-state index in [1.807, 2.05) is 19.1 Å². The molecule has 2 rings (SSSR count). The first-order chi connectivity index (χ1) is 8.70. The van der Waals surface area contributed by atoms with Crippen LogP contribution in [0.4, 0.5) is 4.39 Å². The summed E-state index contributed by atoms with van der Waals surface area (Å²) in [6.07, 6.45) is 1.63. The first-order valence-electron chi connectivity index (χ1n) is 5.73. The van der Waals surface area contributed by atoms with Crippen LogP contribution in [0.2, 0.25) is 0 Å². The van der Waals surface area contributed by atoms with Crippen molar-refractivity contribution in [2.24, 2.45) is 0 Å². The Balaban J connectivity index is 2.28. The summed E-state index contributed by atoms with van der Waals surface area (Å²) in [5.74, 6) is 0.834. The van der Waals surface area contributed by atoms with Gasteiger partial charge in [0.15, 0.2) is 0 Å². The van der Waals surface area contributed by atoms with E-state index in [2.05, 4.69) is 10.3 Å². The van der Waals surface area contributed by atoms with E-state index in [0.717, 1.165) is 5.69 Å². The predicted molar refractivity (Wildman–Crippen MR) is 68.2 cm³/mol.